The first kappa shape index (κ1) is 12.9. The molecule has 1 aromatic heterocycles. The molecule has 104 valence electrons. The first-order valence-electron chi connectivity index (χ1n) is 7.09. The average molecular weight is 269 g/mol. The van der Waals surface area contributed by atoms with Crippen LogP contribution < -0.4 is 5.32 Å². The maximum atomic E-state index is 12.7. The van der Waals surface area contributed by atoms with Gasteiger partial charge in [0.25, 0.3) is 5.91 Å². The summed E-state index contributed by atoms with van der Waals surface area (Å²) in [4.78, 5) is 17.8. The van der Waals surface area contributed by atoms with E-state index in [9.17, 15) is 4.79 Å². The Kier molecular flexibility index (Phi) is 3.83. The smallest absolute Gasteiger partial charge is 0.256 e. The molecule has 0 bridgehead atoms. The molecule has 1 fully saturated rings. The Hall–Kier alpha value is -2.07. The van der Waals surface area contributed by atoms with Crippen LogP contribution in [0.1, 0.15) is 16.8 Å². The third-order valence-electron chi connectivity index (χ3n) is 3.67. The molecule has 0 unspecified atom stereocenters. The topological polar surface area (TPSA) is 48.1 Å². The number of hydrogen-bond donors (Lipinski definition) is 2. The molecule has 2 aromatic rings. The Morgan fingerprint density at radius 3 is 2.75 bits per heavy atom. The summed E-state index contributed by atoms with van der Waals surface area (Å²) in [5.74, 6) is 0.119. The molecule has 1 aliphatic heterocycles. The van der Waals surface area contributed by atoms with Crippen LogP contribution in [0.3, 0.4) is 0 Å². The van der Waals surface area contributed by atoms with Gasteiger partial charge in [0.1, 0.15) is 0 Å². The van der Waals surface area contributed by atoms with Gasteiger partial charge in [0, 0.05) is 25.8 Å². The van der Waals surface area contributed by atoms with E-state index in [2.05, 4.69) is 10.3 Å². The highest BCUT2D eigenvalue weighted by atomic mass is 16.2. The van der Waals surface area contributed by atoms with Crippen molar-refractivity contribution in [1.82, 2.24) is 15.2 Å². The Morgan fingerprint density at radius 1 is 1.05 bits per heavy atom. The molecule has 3 rings (SSSR count). The highest BCUT2D eigenvalue weighted by Gasteiger charge is 2.21. The number of rotatable bonds is 2. The summed E-state index contributed by atoms with van der Waals surface area (Å²) in [5, 5.41) is 3.32. The maximum Gasteiger partial charge on any atom is 0.256 e. The molecule has 0 aliphatic carbocycles. The van der Waals surface area contributed by atoms with Crippen molar-refractivity contribution in [3.63, 3.8) is 0 Å². The number of nitrogens with zero attached hydrogens (tertiary/aromatic N) is 1. The molecule has 0 saturated carbocycles. The van der Waals surface area contributed by atoms with Crippen molar-refractivity contribution in [3.8, 4) is 11.3 Å². The van der Waals surface area contributed by atoms with E-state index in [1.165, 1.54) is 0 Å². The quantitative estimate of drug-likeness (QED) is 0.877. The van der Waals surface area contributed by atoms with Crippen molar-refractivity contribution in [1.29, 1.82) is 0 Å². The Bertz CT molecular complexity index is 568. The number of benzene rings is 1. The lowest BCUT2D eigenvalue weighted by molar-refractivity contribution is 0.0767. The van der Waals surface area contributed by atoms with E-state index in [-0.39, 0.29) is 5.91 Å². The lowest BCUT2D eigenvalue weighted by atomic mass is 10.1. The van der Waals surface area contributed by atoms with Crippen molar-refractivity contribution in [3.05, 3.63) is 48.2 Å². The Labute approximate surface area is 118 Å². The van der Waals surface area contributed by atoms with E-state index < -0.39 is 0 Å². The van der Waals surface area contributed by atoms with Crippen LogP contribution in [0.5, 0.6) is 0 Å². The fourth-order valence-corrected chi connectivity index (χ4v) is 2.61. The van der Waals surface area contributed by atoms with Gasteiger partial charge in [-0.15, -0.1) is 0 Å². The number of amides is 1. The van der Waals surface area contributed by atoms with Gasteiger partial charge in [0.05, 0.1) is 11.3 Å². The SMILES string of the molecule is O=C(c1cc[nH]c1-c1ccccc1)N1CCCNCC1. The molecule has 2 N–H and O–H groups in total. The van der Waals surface area contributed by atoms with Crippen molar-refractivity contribution < 1.29 is 4.79 Å². The van der Waals surface area contributed by atoms with Gasteiger partial charge in [-0.1, -0.05) is 30.3 Å². The molecule has 0 radical (unpaired) electrons. The summed E-state index contributed by atoms with van der Waals surface area (Å²) in [6.07, 6.45) is 2.85. The minimum Gasteiger partial charge on any atom is -0.361 e. The molecule has 1 aromatic carbocycles. The van der Waals surface area contributed by atoms with Crippen LogP contribution in [0.15, 0.2) is 42.6 Å². The normalized spacial score (nSPS) is 15.9. The second-order valence-electron chi connectivity index (χ2n) is 5.03. The van der Waals surface area contributed by atoms with Gasteiger partial charge in [-0.05, 0) is 24.6 Å². The molecule has 4 nitrogen and oxygen atoms in total. The van der Waals surface area contributed by atoms with Crippen LogP contribution in [0.25, 0.3) is 11.3 Å². The van der Waals surface area contributed by atoms with Gasteiger partial charge < -0.3 is 15.2 Å². The molecular formula is C16H19N3O. The van der Waals surface area contributed by atoms with Crippen LogP contribution in [-0.2, 0) is 0 Å². The molecule has 20 heavy (non-hydrogen) atoms. The zero-order valence-electron chi connectivity index (χ0n) is 11.4. The van der Waals surface area contributed by atoms with Gasteiger partial charge in [-0.2, -0.15) is 0 Å². The van der Waals surface area contributed by atoms with Crippen molar-refractivity contribution in [2.24, 2.45) is 0 Å². The van der Waals surface area contributed by atoms with Crippen molar-refractivity contribution >= 4 is 5.91 Å². The van der Waals surface area contributed by atoms with Crippen LogP contribution in [0, 0.1) is 0 Å². The second-order valence-corrected chi connectivity index (χ2v) is 5.03. The number of aromatic amines is 1. The number of carbonyl (C=O) groups is 1. The first-order chi connectivity index (χ1) is 9.86. The Balaban J connectivity index is 1.87. The monoisotopic (exact) mass is 269 g/mol. The second kappa shape index (κ2) is 5.92. The number of carbonyl (C=O) groups excluding carboxylic acids is 1. The molecule has 4 heteroatoms. The van der Waals surface area contributed by atoms with Crippen LogP contribution >= 0.6 is 0 Å². The highest BCUT2D eigenvalue weighted by molar-refractivity contribution is 6.00. The van der Waals surface area contributed by atoms with Crippen LogP contribution in [-0.4, -0.2) is 42.0 Å². The first-order valence-corrected chi connectivity index (χ1v) is 7.09. The fraction of sp³-hybridized carbons (Fsp3) is 0.312. The minimum atomic E-state index is 0.119. The van der Waals surface area contributed by atoms with Crippen molar-refractivity contribution in [2.75, 3.05) is 26.2 Å². The van der Waals surface area contributed by atoms with E-state index in [0.717, 1.165) is 49.4 Å². The predicted molar refractivity (Wildman–Crippen MR) is 79.6 cm³/mol. The number of nitrogens with one attached hydrogen (secondary N) is 2. The molecule has 1 saturated heterocycles. The summed E-state index contributed by atoms with van der Waals surface area (Å²) in [7, 11) is 0. The molecular weight excluding hydrogens is 250 g/mol. The van der Waals surface area contributed by atoms with E-state index >= 15 is 0 Å². The lowest BCUT2D eigenvalue weighted by Crippen LogP contribution is -2.34. The number of aromatic nitrogens is 1. The zero-order valence-corrected chi connectivity index (χ0v) is 11.4. The summed E-state index contributed by atoms with van der Waals surface area (Å²) in [6, 6.07) is 11.9. The van der Waals surface area contributed by atoms with Crippen molar-refractivity contribution in [2.45, 2.75) is 6.42 Å². The zero-order chi connectivity index (χ0) is 13.8. The number of hydrogen-bond acceptors (Lipinski definition) is 2. The van der Waals surface area contributed by atoms with Gasteiger partial charge >= 0.3 is 0 Å². The van der Waals surface area contributed by atoms with Crippen LogP contribution in [0.2, 0.25) is 0 Å². The van der Waals surface area contributed by atoms with E-state index in [1.54, 1.807) is 0 Å². The average Bonchev–Trinajstić information content (AvgIpc) is 2.82. The largest absolute Gasteiger partial charge is 0.361 e. The fourth-order valence-electron chi connectivity index (χ4n) is 2.61. The molecule has 0 spiro atoms. The number of H-pyrrole nitrogens is 1. The van der Waals surface area contributed by atoms with Gasteiger partial charge in [-0.3, -0.25) is 4.79 Å². The van der Waals surface area contributed by atoms with Gasteiger partial charge in [0.15, 0.2) is 0 Å². The third-order valence-corrected chi connectivity index (χ3v) is 3.67. The minimum absolute atomic E-state index is 0.119. The maximum absolute atomic E-state index is 12.7. The summed E-state index contributed by atoms with van der Waals surface area (Å²) in [6.45, 7) is 3.46. The summed E-state index contributed by atoms with van der Waals surface area (Å²) >= 11 is 0. The standard InChI is InChI=1S/C16H19N3O/c20-16(19-11-4-8-17-10-12-19)14-7-9-18-15(14)13-5-2-1-3-6-13/h1-3,5-7,9,17-18H,4,8,10-12H2. The molecule has 0 atom stereocenters. The van der Waals surface area contributed by atoms with E-state index in [0.29, 0.717) is 0 Å². The molecule has 1 aliphatic rings. The summed E-state index contributed by atoms with van der Waals surface area (Å²) < 4.78 is 0. The van der Waals surface area contributed by atoms with E-state index in [1.807, 2.05) is 47.5 Å². The third kappa shape index (κ3) is 2.60. The predicted octanol–water partition coefficient (Wildman–Crippen LogP) is 2.12. The van der Waals surface area contributed by atoms with Gasteiger partial charge in [0.2, 0.25) is 0 Å². The van der Waals surface area contributed by atoms with Gasteiger partial charge in [-0.25, -0.2) is 0 Å². The van der Waals surface area contributed by atoms with E-state index in [4.69, 9.17) is 0 Å². The van der Waals surface area contributed by atoms with Crippen LogP contribution in [0.4, 0.5) is 0 Å². The summed E-state index contributed by atoms with van der Waals surface area (Å²) in [5.41, 5.74) is 2.72. The lowest BCUT2D eigenvalue weighted by Gasteiger charge is -2.20. The highest BCUT2D eigenvalue weighted by Crippen LogP contribution is 2.23. The molecule has 1 amide bonds. The molecule has 2 heterocycles. The Morgan fingerprint density at radius 2 is 1.90 bits per heavy atom.